The standard InChI is InChI=1S/C19H20O2.C18H18O2.C17H16O2.3C16H14O3.C5H11.CH3O.I3.2Y/c1-2-3-12-19(20)21-13-18-16-10-6-4-8-14(16)15-9-5-7-11-17(15)18;1-2-7-18(19)20-12-17-15-10-5-3-8-13(15)14-9-4-6-11-16(14)17;1-2-17(18)19-11-16-14-9-5-3-7-12(14)13-8-4-6-10-15(13)16;3*17-9-16(18)19-10-15-13-7-3-1-5-11(13)12-6-2-4-8-14(12)15;1-3-5-4-2;1-2;1-3-2;;/h4-11,18H,2-3,12-13H2,1H3;3-6,8-11,17H,2,7,12H2,1H3;3-10,16H,2,11H2,1H3;3*1-8,15,17H,9-10H2;1,3-5H2,2H3;2H,1H2;;;/q;;;;;;3*-1;;. The molecule has 0 atom stereocenters. The van der Waals surface area contributed by atoms with Crippen molar-refractivity contribution in [2.24, 2.45) is 0 Å². The first-order valence-electron chi connectivity index (χ1n) is 43.0. The van der Waals surface area contributed by atoms with Crippen molar-refractivity contribution in [2.75, 3.05) is 59.5 Å². The molecule has 0 unspecified atom stereocenters. The molecule has 0 saturated heterocycles. The van der Waals surface area contributed by atoms with Crippen LogP contribution >= 0.6 is 37.2 Å². The Bertz CT molecular complexity index is 4890. The number of rotatable bonds is 23. The first-order chi connectivity index (χ1) is 62.2. The van der Waals surface area contributed by atoms with E-state index in [9.17, 15) is 28.8 Å². The Morgan fingerprint density at radius 1 is 0.264 bits per heavy atom. The van der Waals surface area contributed by atoms with Crippen molar-refractivity contribution in [3.05, 3.63) is 372 Å². The van der Waals surface area contributed by atoms with E-state index in [0.29, 0.717) is 52.3 Å². The average molecular weight is 2220 g/mol. The van der Waals surface area contributed by atoms with Crippen LogP contribution in [0.1, 0.15) is 188 Å². The minimum Gasteiger partial charge on any atom is -0.569 e. The van der Waals surface area contributed by atoms with Gasteiger partial charge in [0.25, 0.3) is 0 Å². The number of aliphatic hydroxyl groups is 4. The molecule has 2 radical (unpaired) electrons. The van der Waals surface area contributed by atoms with E-state index < -0.39 is 37.7 Å². The van der Waals surface area contributed by atoms with Crippen molar-refractivity contribution in [2.45, 2.75) is 121 Å². The number of hydrogen-bond donors (Lipinski definition) is 4. The van der Waals surface area contributed by atoms with E-state index in [1.807, 2.05) is 111 Å². The number of fused-ring (bicyclic) bond motifs is 18. The van der Waals surface area contributed by atoms with E-state index >= 15 is 0 Å². The van der Waals surface area contributed by atoms with Crippen LogP contribution in [-0.4, -0.2) is 116 Å². The van der Waals surface area contributed by atoms with Gasteiger partial charge in [0.1, 0.15) is 59.5 Å². The molecular weight excluding hydrogens is 2110 g/mol. The second-order valence-electron chi connectivity index (χ2n) is 30.4. The Labute approximate surface area is 839 Å². The van der Waals surface area contributed by atoms with Gasteiger partial charge in [-0.3, -0.25) is 14.4 Å². The summed E-state index contributed by atoms with van der Waals surface area (Å²) < 4.78 is 31.6. The van der Waals surface area contributed by atoms with Gasteiger partial charge in [0.15, 0.2) is 0 Å². The number of benzene rings is 12. The summed E-state index contributed by atoms with van der Waals surface area (Å²) in [5.41, 5.74) is 29.4. The van der Waals surface area contributed by atoms with Crippen molar-refractivity contribution in [3.8, 4) is 66.8 Å². The fourth-order valence-electron chi connectivity index (χ4n) is 16.9. The molecule has 12 aromatic carbocycles. The maximum Gasteiger partial charge on any atom is 0.331 e. The molecule has 21 heteroatoms. The second kappa shape index (κ2) is 56.5. The van der Waals surface area contributed by atoms with Crippen molar-refractivity contribution in [3.63, 3.8) is 0 Å². The summed E-state index contributed by atoms with van der Waals surface area (Å²) >= 11 is 5.30. The number of hydrogen-bond acceptors (Lipinski definition) is 16. The predicted octanol–water partition coefficient (Wildman–Crippen LogP) is 20.4. The summed E-state index contributed by atoms with van der Waals surface area (Å²) in [6, 6.07) is 99.2. The van der Waals surface area contributed by atoms with Gasteiger partial charge in [-0.15, -0.1) is 0 Å². The Morgan fingerprint density at radius 2 is 0.419 bits per heavy atom. The molecule has 0 spiro atoms. The van der Waals surface area contributed by atoms with Crippen LogP contribution in [0.4, 0.5) is 0 Å². The van der Waals surface area contributed by atoms with E-state index in [4.69, 9.17) is 48.8 Å². The van der Waals surface area contributed by atoms with Gasteiger partial charge in [0, 0.05) is 120 Å². The molecule has 6 aliphatic carbocycles. The fraction of sp³-hybridized carbons (Fsp3) is 0.259. The van der Waals surface area contributed by atoms with Gasteiger partial charge in [0.05, 0.1) is 0 Å². The van der Waals surface area contributed by atoms with Gasteiger partial charge in [-0.1, -0.05) is 338 Å². The summed E-state index contributed by atoms with van der Waals surface area (Å²) in [5, 5.41) is 32.9. The zero-order valence-corrected chi connectivity index (χ0v) is 85.4. The third-order valence-corrected chi connectivity index (χ3v) is 22.7. The van der Waals surface area contributed by atoms with E-state index in [-0.39, 0.29) is 139 Å². The van der Waals surface area contributed by atoms with Crippen LogP contribution in [0.25, 0.3) is 66.8 Å². The third kappa shape index (κ3) is 28.2. The molecule has 0 heterocycles. The minimum atomic E-state index is -0.582. The van der Waals surface area contributed by atoms with Gasteiger partial charge in [-0.05, 0) is 146 Å². The van der Waals surface area contributed by atoms with Crippen LogP contribution in [0.15, 0.2) is 291 Å². The van der Waals surface area contributed by atoms with E-state index in [0.717, 1.165) is 25.7 Å². The summed E-state index contributed by atoms with van der Waals surface area (Å²) in [4.78, 5) is 68.1. The van der Waals surface area contributed by atoms with E-state index in [1.165, 1.54) is 146 Å². The smallest absolute Gasteiger partial charge is 0.331 e. The van der Waals surface area contributed by atoms with Crippen LogP contribution in [0.5, 0.6) is 0 Å². The number of carbonyl (C=O) groups is 6. The summed E-state index contributed by atoms with van der Waals surface area (Å²) in [6.07, 6.45) is 7.84. The maximum atomic E-state index is 11.8. The summed E-state index contributed by atoms with van der Waals surface area (Å²) in [6.45, 7) is 12.1. The van der Waals surface area contributed by atoms with Crippen LogP contribution in [0.3, 0.4) is 0 Å². The number of carbonyl (C=O) groups excluding carboxylic acids is 6. The summed E-state index contributed by atoms with van der Waals surface area (Å²) in [5.74, 6) is -1.39. The number of halogens is 3. The predicted molar refractivity (Wildman–Crippen MR) is 514 cm³/mol. The van der Waals surface area contributed by atoms with Crippen molar-refractivity contribution in [1.82, 2.24) is 0 Å². The van der Waals surface area contributed by atoms with Crippen LogP contribution in [-0.2, 0) is 123 Å². The zero-order chi connectivity index (χ0) is 90.4. The fourth-order valence-corrected chi connectivity index (χ4v) is 16.9. The Morgan fingerprint density at radius 3 is 0.558 bits per heavy atom. The van der Waals surface area contributed by atoms with E-state index in [2.05, 4.69) is 259 Å². The Balaban J connectivity index is 0.000000187. The topological polar surface area (TPSA) is 239 Å². The van der Waals surface area contributed by atoms with Crippen molar-refractivity contribution in [1.29, 1.82) is 0 Å². The molecule has 6 aliphatic rings. The van der Waals surface area contributed by atoms with Crippen molar-refractivity contribution >= 4 is 73.0 Å². The molecule has 12 aromatic rings. The van der Waals surface area contributed by atoms with Gasteiger partial charge in [0.2, 0.25) is 0 Å². The van der Waals surface area contributed by atoms with Gasteiger partial charge >= 0.3 is 86.3 Å². The monoisotopic (exact) mass is 2220 g/mol. The SMILES string of the molecule is CCC(=O)OCC1c2ccccc2-c2ccccc21.CCCC(=O)OCC1c2ccccc2-c2ccccc21.CCCCC(=O)OCC1c2ccccc2-c2ccccc21.I[I-]I.O=C(CO)OCC1c2ccccc2-c2ccccc21.O=C(CO)OCC1c2ccccc2-c2ccccc21.O=C(CO)OCC1c2ccccc2-c2ccccc21.[CH2-]CCCC.[CH2-]O.[Y].[Y]. The first-order valence-corrected chi connectivity index (χ1v) is 55.6. The molecule has 129 heavy (non-hydrogen) atoms. The molecule has 0 bridgehead atoms. The molecular formula is C108H110I3O16Y2-3. The number of ether oxygens (including phenoxy) is 6. The molecule has 668 valence electrons. The molecule has 0 amide bonds. The normalized spacial score (nSPS) is 12.2. The average Bonchev–Trinajstić information content (AvgIpc) is 1.66. The van der Waals surface area contributed by atoms with Crippen molar-refractivity contribution < 1.29 is 156 Å². The maximum absolute atomic E-state index is 11.8. The van der Waals surface area contributed by atoms with Crippen LogP contribution in [0.2, 0.25) is 0 Å². The molecule has 0 fully saturated rings. The molecule has 4 N–H and O–H groups in total. The second-order valence-corrected chi connectivity index (χ2v) is 46.6. The molecule has 0 saturated carbocycles. The third-order valence-electron chi connectivity index (χ3n) is 22.7. The molecule has 18 rings (SSSR count). The largest absolute Gasteiger partial charge is 0.569 e. The Hall–Kier alpha value is -8.30. The van der Waals surface area contributed by atoms with Crippen LogP contribution in [0, 0.1) is 14.0 Å². The molecule has 0 aliphatic heterocycles. The number of esters is 6. The Kier molecular flexibility index (Phi) is 46.5. The molecule has 16 nitrogen and oxygen atoms in total. The zero-order valence-electron chi connectivity index (χ0n) is 73.3. The van der Waals surface area contributed by atoms with Gasteiger partial charge < -0.3 is 55.8 Å². The molecule has 0 aromatic heterocycles. The number of unbranched alkanes of at least 4 members (excludes halogenated alkanes) is 3. The summed E-state index contributed by atoms with van der Waals surface area (Å²) in [7, 11) is 2.25. The van der Waals surface area contributed by atoms with Gasteiger partial charge in [-0.2, -0.15) is 6.42 Å². The van der Waals surface area contributed by atoms with Crippen LogP contribution < -0.4 is 13.3 Å². The minimum absolute atomic E-state index is 0. The van der Waals surface area contributed by atoms with E-state index in [1.54, 1.807) is 0 Å². The number of aliphatic hydroxyl groups excluding tert-OH is 4. The van der Waals surface area contributed by atoms with Gasteiger partial charge in [-0.25, -0.2) is 21.5 Å². The quantitative estimate of drug-likeness (QED) is 0.0201. The first kappa shape index (κ1) is 106.